The van der Waals surface area contributed by atoms with Crippen molar-refractivity contribution >= 4 is 14.5 Å². The number of hydrogen-bond donors (Lipinski definition) is 1. The minimum absolute atomic E-state index is 0. The Labute approximate surface area is 439 Å². The van der Waals surface area contributed by atoms with Crippen LogP contribution < -0.4 is 108 Å². The number of carbonyl (C=O) groups excluding carboxylic acids is 1. The molecule has 0 saturated heterocycles. The van der Waals surface area contributed by atoms with Crippen LogP contribution in [0.5, 0.6) is 0 Å². The van der Waals surface area contributed by atoms with Crippen LogP contribution in [0.15, 0.2) is 84.9 Å². The summed E-state index contributed by atoms with van der Waals surface area (Å²) in [5.74, 6) is 9.73. The number of aliphatic hydroxyl groups excluding tert-OH is 1. The first-order valence-corrected chi connectivity index (χ1v) is 22.1. The minimum atomic E-state index is -1.47. The van der Waals surface area contributed by atoms with Gasteiger partial charge in [0.05, 0.1) is 24.6 Å². The van der Waals surface area contributed by atoms with Crippen LogP contribution in [0.1, 0.15) is 69.2 Å². The Morgan fingerprint density at radius 2 is 1.15 bits per heavy atom. The molecule has 6 aromatic rings. The zero-order valence-corrected chi connectivity index (χ0v) is 42.9. The molecular weight excluding hydrogens is 827 g/mol. The quantitative estimate of drug-likeness (QED) is 0.0810. The molecule has 60 heavy (non-hydrogen) atoms. The van der Waals surface area contributed by atoms with Crippen molar-refractivity contribution in [1.29, 1.82) is 0 Å². The number of nitrogens with zero attached hydrogens (tertiary/aromatic N) is 6. The maximum Gasteiger partial charge on any atom is 1.00 e. The second-order valence-electron chi connectivity index (χ2n) is 14.3. The fourth-order valence-electron chi connectivity index (χ4n) is 6.73. The minimum Gasteiger partial charge on any atom is -1.00 e. The summed E-state index contributed by atoms with van der Waals surface area (Å²) < 4.78 is 16.0. The first-order chi connectivity index (χ1) is 28.1. The third-order valence-electron chi connectivity index (χ3n) is 9.25. The maximum atomic E-state index is 8.64. The second kappa shape index (κ2) is 25.3. The molecule has 2 aromatic heterocycles. The average Bonchev–Trinajstić information content (AvgIpc) is 3.64. The fourth-order valence-corrected chi connectivity index (χ4v) is 7.24. The van der Waals surface area contributed by atoms with Crippen LogP contribution in [0.25, 0.3) is 11.4 Å². The van der Waals surface area contributed by atoms with Crippen LogP contribution in [-0.2, 0) is 58.4 Å². The van der Waals surface area contributed by atoms with Crippen LogP contribution in [0.2, 0.25) is 19.6 Å². The van der Waals surface area contributed by atoms with Gasteiger partial charge >= 0.3 is 103 Å². The monoisotopic (exact) mass is 874 g/mol. The molecule has 0 unspecified atom stereocenters. The van der Waals surface area contributed by atoms with E-state index in [4.69, 9.17) is 31.1 Å². The number of fused-ring (bicyclic) bond motifs is 6. The third-order valence-corrected chi connectivity index (χ3v) is 10.1. The number of carbonyl (C=O) groups is 1. The Bertz CT molecular complexity index is 2440. The van der Waals surface area contributed by atoms with Crippen LogP contribution in [0.4, 0.5) is 0 Å². The van der Waals surface area contributed by atoms with Crippen LogP contribution in [0, 0.1) is 37.7 Å². The molecule has 0 atom stereocenters. The Balaban J connectivity index is 0.000000359. The molecule has 0 saturated carbocycles. The summed E-state index contributed by atoms with van der Waals surface area (Å²) in [6.07, 6.45) is 7.37. The van der Waals surface area contributed by atoms with E-state index in [0.717, 1.165) is 76.9 Å². The summed E-state index contributed by atoms with van der Waals surface area (Å²) in [5.41, 5.74) is 14.9. The standard InChI is InChI=1S/C23H25N3OSi.C20H17N3O.CH2O3.CH4O.2K.H/c1-17-24-25-23-16-27-15-21-20(14-18-8-6-5-7-9-18)19(12-13-28(2,3)4)10-11-22(21)26(17)23;1-3-16-9-10-19-18(17(16)11-15-7-5-4-6-8-15)12-24-13-20-22-21-14(2)23(19)20;2-1-4-3;1-2;;;/h5-11H,14-16H2,1-4H3;1,4-10H,11-13H2,2H3;1,3H;2H,1H3;;;/q;;;;2*+1;-1/p-1. The van der Waals surface area contributed by atoms with Gasteiger partial charge in [-0.3, -0.25) is 13.9 Å². The molecule has 2 aliphatic rings. The molecule has 4 aromatic carbocycles. The van der Waals surface area contributed by atoms with Crippen molar-refractivity contribution in [3.63, 3.8) is 0 Å². The number of aliphatic hydroxyl groups is 1. The largest absolute Gasteiger partial charge is 1.00 e. The van der Waals surface area contributed by atoms with Crippen molar-refractivity contribution in [3.8, 4) is 35.2 Å². The van der Waals surface area contributed by atoms with E-state index in [2.05, 4.69) is 126 Å². The molecule has 1 N–H and O–H groups in total. The summed E-state index contributed by atoms with van der Waals surface area (Å²) in [6.45, 7) is 12.6. The number of ether oxygens (including phenoxy) is 2. The maximum absolute atomic E-state index is 8.64. The van der Waals surface area contributed by atoms with Gasteiger partial charge in [0.15, 0.2) is 11.6 Å². The number of benzene rings is 4. The van der Waals surface area contributed by atoms with E-state index in [9.17, 15) is 0 Å². The van der Waals surface area contributed by atoms with Crippen molar-refractivity contribution in [3.05, 3.63) is 153 Å². The van der Waals surface area contributed by atoms with Gasteiger partial charge in [-0.15, -0.1) is 32.4 Å². The van der Waals surface area contributed by atoms with E-state index in [1.54, 1.807) is 0 Å². The first kappa shape index (κ1) is 51.4. The number of aryl methyl sites for hydroxylation is 2. The van der Waals surface area contributed by atoms with Gasteiger partial charge < -0.3 is 26.2 Å². The molecular formula is C45H48K2N6O6Si. The van der Waals surface area contributed by atoms with E-state index in [1.807, 2.05) is 44.2 Å². The normalized spacial score (nSPS) is 11.7. The second-order valence-corrected chi connectivity index (χ2v) is 19.1. The zero-order chi connectivity index (χ0) is 41.7. The molecule has 0 bridgehead atoms. The van der Waals surface area contributed by atoms with Gasteiger partial charge in [0.1, 0.15) is 32.9 Å². The van der Waals surface area contributed by atoms with E-state index in [0.29, 0.717) is 26.4 Å². The van der Waals surface area contributed by atoms with Gasteiger partial charge in [0, 0.05) is 29.4 Å². The van der Waals surface area contributed by atoms with E-state index in [-0.39, 0.29) is 111 Å². The van der Waals surface area contributed by atoms with Gasteiger partial charge in [-0.05, 0) is 73.2 Å². The topological polar surface area (TPSA) is 149 Å². The van der Waals surface area contributed by atoms with Crippen molar-refractivity contribution in [2.45, 2.75) is 72.8 Å². The number of hydrogen-bond acceptors (Lipinski definition) is 10. The van der Waals surface area contributed by atoms with Gasteiger partial charge in [-0.1, -0.05) is 92.1 Å². The Morgan fingerprint density at radius 3 is 1.55 bits per heavy atom. The smallest absolute Gasteiger partial charge is 1.00 e. The van der Waals surface area contributed by atoms with Gasteiger partial charge in [0.25, 0.3) is 6.47 Å². The summed E-state index contributed by atoms with van der Waals surface area (Å²) in [7, 11) is -0.474. The molecule has 300 valence electrons. The summed E-state index contributed by atoms with van der Waals surface area (Å²) >= 11 is 0. The summed E-state index contributed by atoms with van der Waals surface area (Å²) in [4.78, 5) is 11.2. The van der Waals surface area contributed by atoms with E-state index < -0.39 is 8.07 Å². The molecule has 2 aliphatic heterocycles. The SMILES string of the molecule is C#Cc1ccc2c(c1Cc1ccccc1)COCc1nnc(C)n1-2.CO.Cc1nnc2n1-c1ccc(C#C[Si](C)(C)C)c(Cc3ccccc3)c1COC2.O=CO[O-].[H-].[K+].[K+]. The molecule has 0 spiro atoms. The molecule has 0 aliphatic carbocycles. The third kappa shape index (κ3) is 13.3. The molecule has 12 nitrogen and oxygen atoms in total. The number of aromatic nitrogens is 6. The van der Waals surface area contributed by atoms with Crippen LogP contribution in [0.3, 0.4) is 0 Å². The number of rotatable bonds is 5. The molecule has 4 heterocycles. The predicted molar refractivity (Wildman–Crippen MR) is 222 cm³/mol. The molecule has 0 radical (unpaired) electrons. The first-order valence-electron chi connectivity index (χ1n) is 18.6. The van der Waals surface area contributed by atoms with Crippen LogP contribution >= 0.6 is 0 Å². The Hall–Kier alpha value is -2.92. The Morgan fingerprint density at radius 1 is 0.733 bits per heavy atom. The van der Waals surface area contributed by atoms with Crippen molar-refractivity contribution in [2.24, 2.45) is 0 Å². The summed E-state index contributed by atoms with van der Waals surface area (Å²) in [6, 6.07) is 29.3. The zero-order valence-electron chi connectivity index (χ0n) is 36.7. The molecule has 8 rings (SSSR count). The Kier molecular flexibility index (Phi) is 21.6. The van der Waals surface area contributed by atoms with Crippen molar-refractivity contribution < 1.29 is 134 Å². The van der Waals surface area contributed by atoms with Crippen molar-refractivity contribution in [1.82, 2.24) is 29.5 Å². The predicted octanol–water partition coefficient (Wildman–Crippen LogP) is -0.233. The molecule has 15 heteroatoms. The average molecular weight is 875 g/mol. The van der Waals surface area contributed by atoms with Crippen molar-refractivity contribution in [2.75, 3.05) is 7.11 Å². The fraction of sp³-hybridized carbons (Fsp3) is 0.267. The van der Waals surface area contributed by atoms with Gasteiger partial charge in [-0.25, -0.2) is 0 Å². The van der Waals surface area contributed by atoms with E-state index in [1.165, 1.54) is 22.3 Å². The summed E-state index contributed by atoms with van der Waals surface area (Å²) in [5, 5.41) is 32.4. The van der Waals surface area contributed by atoms with E-state index >= 15 is 0 Å². The molecule has 0 fully saturated rings. The number of terminal acetylenes is 1. The van der Waals surface area contributed by atoms with Gasteiger partial charge in [0.2, 0.25) is 0 Å². The van der Waals surface area contributed by atoms with Crippen LogP contribution in [-0.4, -0.2) is 56.3 Å². The molecule has 0 amide bonds. The van der Waals surface area contributed by atoms with Gasteiger partial charge in [-0.2, -0.15) is 0 Å².